The van der Waals surface area contributed by atoms with Gasteiger partial charge in [0, 0.05) is 15.8 Å². The Morgan fingerprint density at radius 3 is 2.71 bits per heavy atom. The number of thiophene rings is 1. The molecule has 2 aromatic rings. The third-order valence-corrected chi connectivity index (χ3v) is 4.63. The first-order valence-electron chi connectivity index (χ1n) is 5.22. The normalized spacial score (nSPS) is 10.5. The van der Waals surface area contributed by atoms with Crippen LogP contribution in [0.25, 0.3) is 0 Å². The molecular formula is C13H12Br2OS. The van der Waals surface area contributed by atoms with Crippen molar-refractivity contribution in [3.63, 3.8) is 0 Å². The summed E-state index contributed by atoms with van der Waals surface area (Å²) >= 11 is 8.65. The maximum atomic E-state index is 5.92. The molecule has 0 aliphatic rings. The second-order valence-electron chi connectivity index (χ2n) is 3.69. The lowest BCUT2D eigenvalue weighted by atomic mass is 10.1. The maximum absolute atomic E-state index is 5.92. The van der Waals surface area contributed by atoms with Crippen LogP contribution in [0, 0.1) is 6.92 Å². The van der Waals surface area contributed by atoms with Gasteiger partial charge in [-0.05, 0) is 40.5 Å². The highest BCUT2D eigenvalue weighted by Gasteiger charge is 2.07. The highest BCUT2D eigenvalue weighted by Crippen LogP contribution is 2.28. The van der Waals surface area contributed by atoms with Gasteiger partial charge in [-0.3, -0.25) is 0 Å². The summed E-state index contributed by atoms with van der Waals surface area (Å²) in [6, 6.07) is 10.3. The van der Waals surface area contributed by atoms with Gasteiger partial charge >= 0.3 is 0 Å². The summed E-state index contributed by atoms with van der Waals surface area (Å²) in [5.74, 6) is 0.994. The van der Waals surface area contributed by atoms with Gasteiger partial charge < -0.3 is 4.74 Å². The molecule has 0 atom stereocenters. The van der Waals surface area contributed by atoms with Crippen molar-refractivity contribution in [2.24, 2.45) is 0 Å². The molecule has 4 heteroatoms. The zero-order chi connectivity index (χ0) is 12.3. The van der Waals surface area contributed by atoms with Crippen LogP contribution in [-0.2, 0) is 11.9 Å². The smallest absolute Gasteiger partial charge is 0.126 e. The fourth-order valence-electron chi connectivity index (χ4n) is 1.60. The van der Waals surface area contributed by atoms with E-state index >= 15 is 0 Å². The molecule has 1 aromatic heterocycles. The van der Waals surface area contributed by atoms with Gasteiger partial charge in [0.1, 0.15) is 12.4 Å². The molecule has 90 valence electrons. The lowest BCUT2D eigenvalue weighted by Crippen LogP contribution is -1.98. The van der Waals surface area contributed by atoms with E-state index in [1.807, 2.05) is 6.07 Å². The number of halogens is 2. The highest BCUT2D eigenvalue weighted by molar-refractivity contribution is 9.11. The van der Waals surface area contributed by atoms with Crippen LogP contribution < -0.4 is 4.74 Å². The third kappa shape index (κ3) is 3.33. The van der Waals surface area contributed by atoms with Crippen LogP contribution in [0.3, 0.4) is 0 Å². The first kappa shape index (κ1) is 13.1. The Morgan fingerprint density at radius 2 is 2.06 bits per heavy atom. The van der Waals surface area contributed by atoms with Crippen molar-refractivity contribution >= 4 is 43.2 Å². The Balaban J connectivity index is 2.13. The average Bonchev–Trinajstić information content (AvgIpc) is 2.73. The number of aryl methyl sites for hydroxylation is 1. The van der Waals surface area contributed by atoms with E-state index in [1.54, 1.807) is 11.3 Å². The highest BCUT2D eigenvalue weighted by atomic mass is 79.9. The molecule has 17 heavy (non-hydrogen) atoms. The maximum Gasteiger partial charge on any atom is 0.126 e. The first-order chi connectivity index (χ1) is 8.20. The van der Waals surface area contributed by atoms with Crippen LogP contribution in [0.4, 0.5) is 0 Å². The summed E-state index contributed by atoms with van der Waals surface area (Å²) in [5.41, 5.74) is 2.37. The molecule has 0 saturated carbocycles. The SMILES string of the molecule is Cc1cccc(CBr)c1OCc1ccc(Br)s1. The van der Waals surface area contributed by atoms with Crippen LogP contribution in [0.2, 0.25) is 0 Å². The van der Waals surface area contributed by atoms with Gasteiger partial charge in [0.15, 0.2) is 0 Å². The molecule has 0 fully saturated rings. The van der Waals surface area contributed by atoms with E-state index in [0.717, 1.165) is 14.9 Å². The van der Waals surface area contributed by atoms with Crippen LogP contribution >= 0.6 is 43.2 Å². The predicted octanol–water partition coefficient (Wildman–Crippen LogP) is 5.29. The summed E-state index contributed by atoms with van der Waals surface area (Å²) in [6.07, 6.45) is 0. The predicted molar refractivity (Wildman–Crippen MR) is 80.2 cm³/mol. The zero-order valence-corrected chi connectivity index (χ0v) is 13.4. The zero-order valence-electron chi connectivity index (χ0n) is 9.37. The summed E-state index contributed by atoms with van der Waals surface area (Å²) < 4.78 is 7.06. The van der Waals surface area contributed by atoms with Gasteiger partial charge in [0.05, 0.1) is 3.79 Å². The first-order valence-corrected chi connectivity index (χ1v) is 7.95. The van der Waals surface area contributed by atoms with Gasteiger partial charge in [0.2, 0.25) is 0 Å². The molecule has 0 unspecified atom stereocenters. The van der Waals surface area contributed by atoms with Gasteiger partial charge in [0.25, 0.3) is 0 Å². The van der Waals surface area contributed by atoms with Gasteiger partial charge in [-0.25, -0.2) is 0 Å². The summed E-state index contributed by atoms with van der Waals surface area (Å²) in [5, 5.41) is 0.818. The largest absolute Gasteiger partial charge is 0.487 e. The van der Waals surface area contributed by atoms with E-state index in [1.165, 1.54) is 16.0 Å². The van der Waals surface area contributed by atoms with E-state index in [-0.39, 0.29) is 0 Å². The lowest BCUT2D eigenvalue weighted by molar-refractivity contribution is 0.305. The average molecular weight is 376 g/mol. The van der Waals surface area contributed by atoms with Crippen molar-refractivity contribution in [3.8, 4) is 5.75 Å². The van der Waals surface area contributed by atoms with Crippen molar-refractivity contribution in [1.29, 1.82) is 0 Å². The minimum atomic E-state index is 0.626. The minimum Gasteiger partial charge on any atom is -0.487 e. The Kier molecular flexibility index (Phi) is 4.65. The minimum absolute atomic E-state index is 0.626. The molecule has 1 nitrogen and oxygen atoms in total. The standard InChI is InChI=1S/C13H12Br2OS/c1-9-3-2-4-10(7-14)13(9)16-8-11-5-6-12(15)17-11/h2-6H,7-8H2,1H3. The van der Waals surface area contributed by atoms with E-state index in [9.17, 15) is 0 Å². The van der Waals surface area contributed by atoms with Crippen molar-refractivity contribution in [2.75, 3.05) is 0 Å². The van der Waals surface area contributed by atoms with Crippen LogP contribution in [-0.4, -0.2) is 0 Å². The third-order valence-electron chi connectivity index (χ3n) is 2.43. The van der Waals surface area contributed by atoms with Crippen molar-refractivity contribution in [3.05, 3.63) is 50.1 Å². The molecule has 0 amide bonds. The quantitative estimate of drug-likeness (QED) is 0.659. The fourth-order valence-corrected chi connectivity index (χ4v) is 3.44. The monoisotopic (exact) mass is 374 g/mol. The Bertz CT molecular complexity index is 508. The number of benzene rings is 1. The molecule has 0 aliphatic carbocycles. The molecule has 1 heterocycles. The number of ether oxygens (including phenoxy) is 1. The van der Waals surface area contributed by atoms with Gasteiger partial charge in [-0.1, -0.05) is 34.1 Å². The van der Waals surface area contributed by atoms with Crippen LogP contribution in [0.15, 0.2) is 34.1 Å². The Morgan fingerprint density at radius 1 is 1.24 bits per heavy atom. The van der Waals surface area contributed by atoms with Crippen molar-refractivity contribution < 1.29 is 4.74 Å². The second kappa shape index (κ2) is 6.03. The van der Waals surface area contributed by atoms with Crippen LogP contribution in [0.5, 0.6) is 5.75 Å². The van der Waals surface area contributed by atoms with E-state index in [2.05, 4.69) is 63.0 Å². The molecular weight excluding hydrogens is 364 g/mol. The molecule has 0 saturated heterocycles. The Hall–Kier alpha value is -0.320. The molecule has 0 spiro atoms. The second-order valence-corrected chi connectivity index (χ2v) is 6.80. The molecule has 0 aliphatic heterocycles. The van der Waals surface area contributed by atoms with Crippen molar-refractivity contribution in [1.82, 2.24) is 0 Å². The van der Waals surface area contributed by atoms with Gasteiger partial charge in [-0.15, -0.1) is 11.3 Å². The number of para-hydroxylation sites is 1. The fraction of sp³-hybridized carbons (Fsp3) is 0.231. The number of alkyl halides is 1. The topological polar surface area (TPSA) is 9.23 Å². The number of rotatable bonds is 4. The molecule has 1 aromatic carbocycles. The van der Waals surface area contributed by atoms with E-state index < -0.39 is 0 Å². The molecule has 0 N–H and O–H groups in total. The van der Waals surface area contributed by atoms with E-state index in [4.69, 9.17) is 4.74 Å². The number of hydrogen-bond acceptors (Lipinski definition) is 2. The number of hydrogen-bond donors (Lipinski definition) is 0. The lowest BCUT2D eigenvalue weighted by Gasteiger charge is -2.11. The van der Waals surface area contributed by atoms with Crippen molar-refractivity contribution in [2.45, 2.75) is 18.9 Å². The Labute approximate surface area is 122 Å². The van der Waals surface area contributed by atoms with E-state index in [0.29, 0.717) is 6.61 Å². The summed E-state index contributed by atoms with van der Waals surface area (Å²) in [6.45, 7) is 2.70. The summed E-state index contributed by atoms with van der Waals surface area (Å²) in [4.78, 5) is 1.22. The van der Waals surface area contributed by atoms with Crippen LogP contribution in [0.1, 0.15) is 16.0 Å². The summed E-state index contributed by atoms with van der Waals surface area (Å²) in [7, 11) is 0. The molecule has 0 radical (unpaired) electrons. The van der Waals surface area contributed by atoms with Gasteiger partial charge in [-0.2, -0.15) is 0 Å². The molecule has 0 bridgehead atoms. The molecule has 2 rings (SSSR count).